The number of nitrogens with zero attached hydrogens (tertiary/aromatic N) is 1. The summed E-state index contributed by atoms with van der Waals surface area (Å²) in [7, 11) is 3.55. The fourth-order valence-corrected chi connectivity index (χ4v) is 2.34. The standard InChI is InChI=1S/C18H21NO/c1-13(2)16-10-5-6-11-17(16)14-8-7-9-15(12-14)18(20)19(3)4/h5-13H,1-4H3. The summed E-state index contributed by atoms with van der Waals surface area (Å²) >= 11 is 0. The molecule has 0 saturated carbocycles. The van der Waals surface area contributed by atoms with Gasteiger partial charge in [-0.1, -0.05) is 50.2 Å². The van der Waals surface area contributed by atoms with Gasteiger partial charge >= 0.3 is 0 Å². The third-order valence-corrected chi connectivity index (χ3v) is 3.41. The topological polar surface area (TPSA) is 20.3 Å². The summed E-state index contributed by atoms with van der Waals surface area (Å²) in [6, 6.07) is 16.2. The monoisotopic (exact) mass is 267 g/mol. The molecule has 0 heterocycles. The third-order valence-electron chi connectivity index (χ3n) is 3.41. The number of hydrogen-bond donors (Lipinski definition) is 0. The van der Waals surface area contributed by atoms with E-state index in [1.54, 1.807) is 19.0 Å². The molecule has 20 heavy (non-hydrogen) atoms. The molecule has 0 spiro atoms. The number of amides is 1. The minimum Gasteiger partial charge on any atom is -0.345 e. The van der Waals surface area contributed by atoms with Crippen molar-refractivity contribution in [3.05, 3.63) is 59.7 Å². The summed E-state index contributed by atoms with van der Waals surface area (Å²) in [5.41, 5.74) is 4.34. The number of hydrogen-bond acceptors (Lipinski definition) is 1. The van der Waals surface area contributed by atoms with E-state index in [-0.39, 0.29) is 5.91 Å². The second-order valence-corrected chi connectivity index (χ2v) is 5.52. The first-order valence-corrected chi connectivity index (χ1v) is 6.91. The normalized spacial score (nSPS) is 10.7. The van der Waals surface area contributed by atoms with E-state index >= 15 is 0 Å². The molecule has 2 rings (SSSR count). The third kappa shape index (κ3) is 2.90. The van der Waals surface area contributed by atoms with Gasteiger partial charge in [-0.05, 0) is 34.7 Å². The van der Waals surface area contributed by atoms with Crippen LogP contribution in [-0.2, 0) is 0 Å². The van der Waals surface area contributed by atoms with E-state index in [1.165, 1.54) is 11.1 Å². The molecule has 0 saturated heterocycles. The van der Waals surface area contributed by atoms with Crippen LogP contribution in [0, 0.1) is 0 Å². The molecule has 0 radical (unpaired) electrons. The van der Waals surface area contributed by atoms with Crippen LogP contribution in [0.1, 0.15) is 35.7 Å². The van der Waals surface area contributed by atoms with Crippen molar-refractivity contribution in [2.45, 2.75) is 19.8 Å². The summed E-state index contributed by atoms with van der Waals surface area (Å²) in [5.74, 6) is 0.494. The molecule has 2 aromatic rings. The summed E-state index contributed by atoms with van der Waals surface area (Å²) in [4.78, 5) is 13.7. The molecule has 0 aromatic heterocycles. The Kier molecular flexibility index (Phi) is 4.23. The molecule has 0 unspecified atom stereocenters. The van der Waals surface area contributed by atoms with Gasteiger partial charge in [0.05, 0.1) is 0 Å². The number of carbonyl (C=O) groups is 1. The molecule has 2 nitrogen and oxygen atoms in total. The minimum atomic E-state index is 0.0360. The highest BCUT2D eigenvalue weighted by Crippen LogP contribution is 2.29. The molecule has 2 heteroatoms. The fraction of sp³-hybridized carbons (Fsp3) is 0.278. The van der Waals surface area contributed by atoms with Gasteiger partial charge in [0.25, 0.3) is 5.91 Å². The van der Waals surface area contributed by atoms with Crippen LogP contribution in [-0.4, -0.2) is 24.9 Å². The predicted molar refractivity (Wildman–Crippen MR) is 84.0 cm³/mol. The highest BCUT2D eigenvalue weighted by molar-refractivity contribution is 5.95. The van der Waals surface area contributed by atoms with Gasteiger partial charge in [0.2, 0.25) is 0 Å². The minimum absolute atomic E-state index is 0.0360. The van der Waals surface area contributed by atoms with E-state index in [0.29, 0.717) is 5.92 Å². The van der Waals surface area contributed by atoms with Gasteiger partial charge in [0, 0.05) is 19.7 Å². The molecule has 0 aliphatic carbocycles. The number of benzene rings is 2. The van der Waals surface area contributed by atoms with E-state index < -0.39 is 0 Å². The highest BCUT2D eigenvalue weighted by atomic mass is 16.2. The lowest BCUT2D eigenvalue weighted by Crippen LogP contribution is -2.21. The van der Waals surface area contributed by atoms with Crippen molar-refractivity contribution in [3.8, 4) is 11.1 Å². The first kappa shape index (κ1) is 14.3. The molecule has 0 N–H and O–H groups in total. The molecule has 2 aromatic carbocycles. The molecular weight excluding hydrogens is 246 g/mol. The first-order valence-electron chi connectivity index (χ1n) is 6.91. The van der Waals surface area contributed by atoms with E-state index in [9.17, 15) is 4.79 Å². The van der Waals surface area contributed by atoms with Gasteiger partial charge in [0.15, 0.2) is 0 Å². The van der Waals surface area contributed by atoms with Crippen molar-refractivity contribution in [2.75, 3.05) is 14.1 Å². The maximum atomic E-state index is 12.1. The van der Waals surface area contributed by atoms with Crippen LogP contribution in [0.3, 0.4) is 0 Å². The Bertz CT molecular complexity index is 614. The average Bonchev–Trinajstić information content (AvgIpc) is 2.46. The SMILES string of the molecule is CC(C)c1ccccc1-c1cccc(C(=O)N(C)C)c1. The lowest BCUT2D eigenvalue weighted by molar-refractivity contribution is 0.0827. The molecule has 1 amide bonds. The molecule has 0 bridgehead atoms. The van der Waals surface area contributed by atoms with Crippen molar-refractivity contribution < 1.29 is 4.79 Å². The van der Waals surface area contributed by atoms with Gasteiger partial charge in [-0.25, -0.2) is 0 Å². The Morgan fingerprint density at radius 1 is 1.00 bits per heavy atom. The van der Waals surface area contributed by atoms with E-state index in [0.717, 1.165) is 11.1 Å². The van der Waals surface area contributed by atoms with Crippen LogP contribution in [0.5, 0.6) is 0 Å². The first-order chi connectivity index (χ1) is 9.50. The second-order valence-electron chi connectivity index (χ2n) is 5.52. The Labute approximate surface area is 121 Å². The van der Waals surface area contributed by atoms with Gasteiger partial charge in [-0.2, -0.15) is 0 Å². The zero-order valence-corrected chi connectivity index (χ0v) is 12.6. The smallest absolute Gasteiger partial charge is 0.253 e. The Morgan fingerprint density at radius 2 is 1.70 bits per heavy atom. The van der Waals surface area contributed by atoms with Crippen molar-refractivity contribution in [2.24, 2.45) is 0 Å². The van der Waals surface area contributed by atoms with Crippen molar-refractivity contribution >= 4 is 5.91 Å². The van der Waals surface area contributed by atoms with E-state index in [1.807, 2.05) is 24.3 Å². The quantitative estimate of drug-likeness (QED) is 0.817. The molecule has 0 fully saturated rings. The lowest BCUT2D eigenvalue weighted by Gasteiger charge is -2.15. The van der Waals surface area contributed by atoms with Gasteiger partial charge in [-0.3, -0.25) is 4.79 Å². The van der Waals surface area contributed by atoms with E-state index in [2.05, 4.69) is 38.1 Å². The largest absolute Gasteiger partial charge is 0.345 e. The lowest BCUT2D eigenvalue weighted by atomic mass is 9.92. The zero-order chi connectivity index (χ0) is 14.7. The van der Waals surface area contributed by atoms with E-state index in [4.69, 9.17) is 0 Å². The van der Waals surface area contributed by atoms with Crippen LogP contribution < -0.4 is 0 Å². The number of carbonyl (C=O) groups excluding carboxylic acids is 1. The summed E-state index contributed by atoms with van der Waals surface area (Å²) in [6.07, 6.45) is 0. The maximum absolute atomic E-state index is 12.1. The summed E-state index contributed by atoms with van der Waals surface area (Å²) < 4.78 is 0. The summed E-state index contributed by atoms with van der Waals surface area (Å²) in [5, 5.41) is 0. The molecule has 104 valence electrons. The second kappa shape index (κ2) is 5.91. The molecule has 0 atom stereocenters. The van der Waals surface area contributed by atoms with Gasteiger partial charge in [-0.15, -0.1) is 0 Å². The van der Waals surface area contributed by atoms with Gasteiger partial charge in [0.1, 0.15) is 0 Å². The van der Waals surface area contributed by atoms with Crippen molar-refractivity contribution in [1.82, 2.24) is 4.90 Å². The maximum Gasteiger partial charge on any atom is 0.253 e. The van der Waals surface area contributed by atoms with Crippen LogP contribution in [0.4, 0.5) is 0 Å². The Balaban J connectivity index is 2.49. The van der Waals surface area contributed by atoms with Crippen LogP contribution >= 0.6 is 0 Å². The highest BCUT2D eigenvalue weighted by Gasteiger charge is 2.11. The molecule has 0 aliphatic heterocycles. The fourth-order valence-electron chi connectivity index (χ4n) is 2.34. The molecule has 0 aliphatic rings. The molecular formula is C18H21NO. The van der Waals surface area contributed by atoms with Crippen molar-refractivity contribution in [3.63, 3.8) is 0 Å². The van der Waals surface area contributed by atoms with Gasteiger partial charge < -0.3 is 4.90 Å². The average molecular weight is 267 g/mol. The van der Waals surface area contributed by atoms with Crippen LogP contribution in [0.15, 0.2) is 48.5 Å². The van der Waals surface area contributed by atoms with Crippen molar-refractivity contribution in [1.29, 1.82) is 0 Å². The Morgan fingerprint density at radius 3 is 2.35 bits per heavy atom. The Hall–Kier alpha value is -2.09. The van der Waals surface area contributed by atoms with Crippen LogP contribution in [0.25, 0.3) is 11.1 Å². The summed E-state index contributed by atoms with van der Waals surface area (Å²) in [6.45, 7) is 4.38. The predicted octanol–water partition coefficient (Wildman–Crippen LogP) is 4.18. The zero-order valence-electron chi connectivity index (χ0n) is 12.6. The number of rotatable bonds is 3. The van der Waals surface area contributed by atoms with Crippen LogP contribution in [0.2, 0.25) is 0 Å².